The maximum Gasteiger partial charge on any atom is 0.251 e. The Morgan fingerprint density at radius 2 is 0.710 bits per heavy atom. The molecule has 2 unspecified atom stereocenters. The number of rotatable bonds is 10. The molecule has 0 saturated heterocycles. The van der Waals surface area contributed by atoms with Gasteiger partial charge in [0.05, 0.1) is 23.5 Å². The molecule has 0 spiro atoms. The summed E-state index contributed by atoms with van der Waals surface area (Å²) in [4.78, 5) is 26.5. The molecule has 9 aromatic carbocycles. The Bertz CT molecular complexity index is 2870. The zero-order valence-corrected chi connectivity index (χ0v) is 34.6. The molecule has 9 rings (SSSR count). The van der Waals surface area contributed by atoms with Gasteiger partial charge in [0.25, 0.3) is 11.8 Å². The first-order chi connectivity index (χ1) is 30.2. The number of benzene rings is 9. The highest BCUT2D eigenvalue weighted by atomic mass is 16.2. The summed E-state index contributed by atoms with van der Waals surface area (Å²) in [7, 11) is 0. The molecule has 0 radical (unpaired) electrons. The number of nitrogen functional groups attached to an aromatic ring is 2. The van der Waals surface area contributed by atoms with Gasteiger partial charge in [-0.25, -0.2) is 0 Å². The second-order valence-corrected chi connectivity index (χ2v) is 15.8. The second-order valence-electron chi connectivity index (χ2n) is 15.8. The van der Waals surface area contributed by atoms with Gasteiger partial charge < -0.3 is 22.1 Å². The molecule has 0 bridgehead atoms. The Balaban J connectivity index is 1.03. The molecule has 0 aliphatic carbocycles. The molecule has 302 valence electrons. The molecule has 2 atom stereocenters. The Morgan fingerprint density at radius 3 is 1.06 bits per heavy atom. The quantitative estimate of drug-likeness (QED) is 0.103. The highest BCUT2D eigenvalue weighted by Gasteiger charge is 2.20. The van der Waals surface area contributed by atoms with Crippen LogP contribution < -0.4 is 22.1 Å². The van der Waals surface area contributed by atoms with E-state index in [9.17, 15) is 9.59 Å². The number of anilines is 2. The summed E-state index contributed by atoms with van der Waals surface area (Å²) in [5.74, 6) is -0.250. The van der Waals surface area contributed by atoms with Crippen molar-refractivity contribution in [2.75, 3.05) is 11.5 Å². The average Bonchev–Trinajstić information content (AvgIpc) is 3.32. The lowest BCUT2D eigenvalue weighted by molar-refractivity contribution is 0.0931. The van der Waals surface area contributed by atoms with Gasteiger partial charge in [-0.2, -0.15) is 0 Å². The fraction of sp³-hybridized carbons (Fsp3) is 0.0714. The Kier molecular flexibility index (Phi) is 10.8. The molecule has 0 aliphatic heterocycles. The van der Waals surface area contributed by atoms with Gasteiger partial charge in [0.2, 0.25) is 0 Å². The number of carbonyl (C=O) groups excluding carboxylic acids is 2. The summed E-state index contributed by atoms with van der Waals surface area (Å²) >= 11 is 0. The summed E-state index contributed by atoms with van der Waals surface area (Å²) < 4.78 is 0. The van der Waals surface area contributed by atoms with Crippen LogP contribution in [0.1, 0.15) is 57.8 Å². The molecule has 2 amide bonds. The van der Waals surface area contributed by atoms with Crippen molar-refractivity contribution >= 4 is 44.7 Å². The van der Waals surface area contributed by atoms with Crippen LogP contribution in [0.5, 0.6) is 0 Å². The predicted octanol–water partition coefficient (Wildman–Crippen LogP) is 12.8. The topological polar surface area (TPSA) is 110 Å². The summed E-state index contributed by atoms with van der Waals surface area (Å²) in [5, 5.41) is 10.5. The highest BCUT2D eigenvalue weighted by Crippen LogP contribution is 2.45. The van der Waals surface area contributed by atoms with E-state index >= 15 is 0 Å². The molecule has 62 heavy (non-hydrogen) atoms. The van der Waals surface area contributed by atoms with Gasteiger partial charge in [-0.1, -0.05) is 170 Å². The first-order valence-electron chi connectivity index (χ1n) is 20.9. The van der Waals surface area contributed by atoms with Crippen molar-refractivity contribution in [1.29, 1.82) is 0 Å². The lowest BCUT2D eigenvalue weighted by Gasteiger charge is -2.19. The van der Waals surface area contributed by atoms with Crippen molar-refractivity contribution in [2.24, 2.45) is 0 Å². The second kappa shape index (κ2) is 17.0. The van der Waals surface area contributed by atoms with Crippen LogP contribution in [0.2, 0.25) is 0 Å². The third kappa shape index (κ3) is 7.66. The van der Waals surface area contributed by atoms with Crippen LogP contribution >= 0.6 is 0 Å². The molecule has 0 heterocycles. The summed E-state index contributed by atoms with van der Waals surface area (Å²) in [5.41, 5.74) is 26.1. The number of nitrogens with one attached hydrogen (secondary N) is 2. The van der Waals surface area contributed by atoms with Crippen LogP contribution in [0.25, 0.3) is 66.1 Å². The van der Waals surface area contributed by atoms with Gasteiger partial charge in [-0.05, 0) is 104 Å². The Labute approximate surface area is 361 Å². The SMILES string of the molecule is CC(NC(=O)c1ccc(-c2cccc3cccc(-c4ccc(-c5cccc6cccc(-c7ccc(C(=O)NC(C)c8ccccc8)cc7)c56)c(N)c4N)c23)cc1)c1ccccc1. The Hall–Kier alpha value is -7.96. The minimum absolute atomic E-state index is 0.121. The minimum atomic E-state index is -0.125. The van der Waals surface area contributed by atoms with Crippen molar-refractivity contribution < 1.29 is 9.59 Å². The van der Waals surface area contributed by atoms with E-state index in [0.717, 1.165) is 77.2 Å². The summed E-state index contributed by atoms with van der Waals surface area (Å²) in [6.45, 7) is 3.98. The van der Waals surface area contributed by atoms with Crippen LogP contribution in [0.15, 0.2) is 194 Å². The summed E-state index contributed by atoms with van der Waals surface area (Å²) in [6, 6.07) is 64.3. The highest BCUT2D eigenvalue weighted by molar-refractivity contribution is 6.12. The lowest BCUT2D eigenvalue weighted by atomic mass is 9.87. The van der Waals surface area contributed by atoms with E-state index in [1.165, 1.54) is 0 Å². The van der Waals surface area contributed by atoms with E-state index in [4.69, 9.17) is 11.5 Å². The van der Waals surface area contributed by atoms with E-state index in [1.54, 1.807) is 0 Å². The van der Waals surface area contributed by atoms with Crippen LogP contribution in [-0.4, -0.2) is 11.8 Å². The van der Waals surface area contributed by atoms with Crippen LogP contribution in [0.3, 0.4) is 0 Å². The van der Waals surface area contributed by atoms with Crippen molar-refractivity contribution in [3.8, 4) is 44.5 Å². The maximum absolute atomic E-state index is 13.2. The fourth-order valence-corrected chi connectivity index (χ4v) is 8.53. The molecule has 6 heteroatoms. The van der Waals surface area contributed by atoms with Gasteiger partial charge in [-0.15, -0.1) is 0 Å². The summed E-state index contributed by atoms with van der Waals surface area (Å²) in [6.07, 6.45) is 0. The number of nitrogens with two attached hydrogens (primary N) is 2. The third-order valence-corrected chi connectivity index (χ3v) is 11.9. The molecular weight excluding hydrogens is 761 g/mol. The number of fused-ring (bicyclic) bond motifs is 2. The van der Waals surface area contributed by atoms with E-state index in [2.05, 4.69) is 83.4 Å². The molecule has 6 N–H and O–H groups in total. The van der Waals surface area contributed by atoms with Gasteiger partial charge >= 0.3 is 0 Å². The fourth-order valence-electron chi connectivity index (χ4n) is 8.53. The van der Waals surface area contributed by atoms with Gasteiger partial charge in [0.15, 0.2) is 0 Å². The van der Waals surface area contributed by atoms with Crippen molar-refractivity contribution in [3.05, 3.63) is 216 Å². The van der Waals surface area contributed by atoms with E-state index in [-0.39, 0.29) is 23.9 Å². The number of carbonyl (C=O) groups is 2. The van der Waals surface area contributed by atoms with Crippen molar-refractivity contribution in [1.82, 2.24) is 10.6 Å². The molecule has 9 aromatic rings. The van der Waals surface area contributed by atoms with Crippen molar-refractivity contribution in [3.63, 3.8) is 0 Å². The zero-order chi connectivity index (χ0) is 42.7. The first kappa shape index (κ1) is 39.5. The standard InChI is InChI=1S/C56H46N4O2/c1-35(37-13-5-3-6-14-37)59-55(61)43-29-25-39(26-30-43)45-21-9-17-41-19-11-23-47(51(41)45)49-33-34-50(54(58)53(49)57)48-24-12-20-42-18-10-22-46(52(42)48)40-27-31-44(32-28-40)56(62)60-36(2)38-15-7-4-8-16-38/h3-36H,57-58H2,1-2H3,(H,59,61)(H,60,62). The van der Waals surface area contributed by atoms with Crippen LogP contribution in [0, 0.1) is 0 Å². The molecule has 0 fully saturated rings. The smallest absolute Gasteiger partial charge is 0.251 e. The van der Waals surface area contributed by atoms with Crippen molar-refractivity contribution in [2.45, 2.75) is 25.9 Å². The monoisotopic (exact) mass is 806 g/mol. The normalized spacial score (nSPS) is 12.2. The third-order valence-electron chi connectivity index (χ3n) is 11.9. The van der Waals surface area contributed by atoms with Gasteiger partial charge in [0, 0.05) is 22.3 Å². The number of hydrogen-bond acceptors (Lipinski definition) is 4. The predicted molar refractivity (Wildman–Crippen MR) is 257 cm³/mol. The minimum Gasteiger partial charge on any atom is -0.397 e. The van der Waals surface area contributed by atoms with Crippen LogP contribution in [-0.2, 0) is 0 Å². The van der Waals surface area contributed by atoms with Gasteiger partial charge in [0.1, 0.15) is 0 Å². The van der Waals surface area contributed by atoms with Gasteiger partial charge in [-0.3, -0.25) is 9.59 Å². The van der Waals surface area contributed by atoms with Crippen LogP contribution in [0.4, 0.5) is 11.4 Å². The molecule has 0 aromatic heterocycles. The largest absolute Gasteiger partial charge is 0.397 e. The zero-order valence-electron chi connectivity index (χ0n) is 34.6. The lowest BCUT2D eigenvalue weighted by Crippen LogP contribution is -2.26. The molecule has 0 saturated carbocycles. The maximum atomic E-state index is 13.2. The molecular formula is C56H46N4O2. The first-order valence-corrected chi connectivity index (χ1v) is 20.9. The number of hydrogen-bond donors (Lipinski definition) is 4. The van der Waals surface area contributed by atoms with E-state index in [1.807, 2.05) is 135 Å². The molecule has 6 nitrogen and oxygen atoms in total. The van der Waals surface area contributed by atoms with E-state index < -0.39 is 0 Å². The Morgan fingerprint density at radius 1 is 0.371 bits per heavy atom. The number of amides is 2. The van der Waals surface area contributed by atoms with E-state index in [0.29, 0.717) is 22.5 Å². The molecule has 0 aliphatic rings. The average molecular weight is 807 g/mol.